The summed E-state index contributed by atoms with van der Waals surface area (Å²) in [6, 6.07) is 9.61. The number of esters is 3. The Morgan fingerprint density at radius 1 is 1.05 bits per heavy atom. The van der Waals surface area contributed by atoms with Gasteiger partial charge in [0.25, 0.3) is 0 Å². The first-order valence-corrected chi connectivity index (χ1v) is 13.2. The lowest BCUT2D eigenvalue weighted by Gasteiger charge is -2.40. The molecule has 2 aliphatic heterocycles. The Morgan fingerprint density at radius 3 is 2.46 bits per heavy atom. The number of primary amides is 1. The molecular formula is C28H31FN4O8. The van der Waals surface area contributed by atoms with E-state index in [9.17, 15) is 24.0 Å². The maximum absolute atomic E-state index is 15.2. The zero-order chi connectivity index (χ0) is 29.6. The Hall–Kier alpha value is -4.52. The van der Waals surface area contributed by atoms with Crippen LogP contribution in [-0.2, 0) is 29.3 Å². The van der Waals surface area contributed by atoms with Crippen molar-refractivity contribution >= 4 is 35.7 Å². The standard InChI is InChI=1S/C28H31FN4O8/c1-2-40-24(35)19-7-5-8-20(17-19)32(26(30)37)18-23(34)41-25(36)28(21-9-3-4-10-22(21)29)11-6-12-33(28)27(38)31-13-15-39-16-14-31/h3-5,7-10,17H,2,6,11-16,18H2,1H3,(H2,30,37). The Morgan fingerprint density at radius 2 is 1.78 bits per heavy atom. The van der Waals surface area contributed by atoms with Crippen LogP contribution in [0.2, 0.25) is 0 Å². The zero-order valence-corrected chi connectivity index (χ0v) is 22.5. The van der Waals surface area contributed by atoms with Gasteiger partial charge in [0.1, 0.15) is 12.4 Å². The second kappa shape index (κ2) is 12.8. The Labute approximate surface area is 235 Å². The molecule has 41 heavy (non-hydrogen) atoms. The molecule has 0 spiro atoms. The fourth-order valence-electron chi connectivity index (χ4n) is 5.06. The van der Waals surface area contributed by atoms with Gasteiger partial charge >= 0.3 is 30.0 Å². The highest BCUT2D eigenvalue weighted by atomic mass is 19.1. The summed E-state index contributed by atoms with van der Waals surface area (Å²) in [7, 11) is 0. The third-order valence-electron chi connectivity index (χ3n) is 6.98. The third-order valence-corrected chi connectivity index (χ3v) is 6.98. The van der Waals surface area contributed by atoms with Gasteiger partial charge in [-0.05, 0) is 44.0 Å². The van der Waals surface area contributed by atoms with E-state index >= 15 is 4.39 Å². The van der Waals surface area contributed by atoms with Gasteiger partial charge in [-0.15, -0.1) is 0 Å². The number of morpholine rings is 1. The molecule has 13 heteroatoms. The first-order valence-electron chi connectivity index (χ1n) is 13.2. The fourth-order valence-corrected chi connectivity index (χ4v) is 5.06. The van der Waals surface area contributed by atoms with Crippen LogP contribution in [0.15, 0.2) is 48.5 Å². The van der Waals surface area contributed by atoms with Crippen LogP contribution in [0.3, 0.4) is 0 Å². The fraction of sp³-hybridized carbons (Fsp3) is 0.393. The number of benzene rings is 2. The smallest absolute Gasteiger partial charge is 0.344 e. The number of nitrogens with zero attached hydrogens (tertiary/aromatic N) is 3. The van der Waals surface area contributed by atoms with Gasteiger partial charge in [-0.2, -0.15) is 0 Å². The maximum Gasteiger partial charge on any atom is 0.344 e. The van der Waals surface area contributed by atoms with E-state index < -0.39 is 47.9 Å². The number of urea groups is 2. The predicted octanol–water partition coefficient (Wildman–Crippen LogP) is 2.40. The van der Waals surface area contributed by atoms with Crippen LogP contribution in [0, 0.1) is 5.82 Å². The van der Waals surface area contributed by atoms with E-state index in [4.69, 9.17) is 19.9 Å². The molecule has 0 aromatic heterocycles. The molecule has 4 amide bonds. The van der Waals surface area contributed by atoms with E-state index in [-0.39, 0.29) is 49.5 Å². The molecule has 2 aromatic carbocycles. The number of likely N-dealkylation sites (tertiary alicyclic amines) is 1. The monoisotopic (exact) mass is 570 g/mol. The summed E-state index contributed by atoms with van der Waals surface area (Å²) in [5.41, 5.74) is 3.67. The predicted molar refractivity (Wildman–Crippen MR) is 142 cm³/mol. The summed E-state index contributed by atoms with van der Waals surface area (Å²) in [6.07, 6.45) is 0.360. The number of nitrogens with two attached hydrogens (primary N) is 1. The van der Waals surface area contributed by atoms with Crippen LogP contribution in [0.25, 0.3) is 0 Å². The van der Waals surface area contributed by atoms with E-state index in [0.717, 1.165) is 11.0 Å². The number of halogens is 1. The molecule has 4 rings (SSSR count). The first kappa shape index (κ1) is 29.5. The van der Waals surface area contributed by atoms with Crippen molar-refractivity contribution in [2.24, 2.45) is 5.73 Å². The van der Waals surface area contributed by atoms with Gasteiger partial charge in [0.15, 0.2) is 5.54 Å². The molecule has 1 unspecified atom stereocenters. The maximum atomic E-state index is 15.2. The Kier molecular flexibility index (Phi) is 9.17. The SMILES string of the molecule is CCOC(=O)c1cccc(N(CC(=O)OC(=O)C2(c3ccccc3F)CCCN2C(=O)N2CCOCC2)C(N)=O)c1. The minimum atomic E-state index is -1.92. The summed E-state index contributed by atoms with van der Waals surface area (Å²) in [5, 5.41) is 0. The molecule has 2 fully saturated rings. The molecule has 2 saturated heterocycles. The van der Waals surface area contributed by atoms with Gasteiger partial charge in [0.05, 0.1) is 25.4 Å². The van der Waals surface area contributed by atoms with Crippen LogP contribution >= 0.6 is 0 Å². The molecule has 12 nitrogen and oxygen atoms in total. The summed E-state index contributed by atoms with van der Waals surface area (Å²) in [4.78, 5) is 68.3. The lowest BCUT2D eigenvalue weighted by molar-refractivity contribution is -0.167. The number of anilines is 1. The zero-order valence-electron chi connectivity index (χ0n) is 22.5. The topological polar surface area (TPSA) is 149 Å². The minimum Gasteiger partial charge on any atom is -0.462 e. The number of hydrogen-bond donors (Lipinski definition) is 1. The number of amides is 4. The molecule has 1 atom stereocenters. The molecule has 2 aliphatic rings. The molecule has 0 saturated carbocycles. The van der Waals surface area contributed by atoms with Crippen LogP contribution < -0.4 is 10.6 Å². The largest absolute Gasteiger partial charge is 0.462 e. The van der Waals surface area contributed by atoms with E-state index in [1.54, 1.807) is 6.92 Å². The Bertz CT molecular complexity index is 1330. The van der Waals surface area contributed by atoms with Gasteiger partial charge in [0, 0.05) is 30.9 Å². The van der Waals surface area contributed by atoms with E-state index in [0.29, 0.717) is 19.6 Å². The van der Waals surface area contributed by atoms with Crippen molar-refractivity contribution in [2.45, 2.75) is 25.3 Å². The minimum absolute atomic E-state index is 0.0112. The van der Waals surface area contributed by atoms with Crippen molar-refractivity contribution < 1.29 is 42.6 Å². The molecule has 0 bridgehead atoms. The van der Waals surface area contributed by atoms with E-state index in [2.05, 4.69) is 0 Å². The van der Waals surface area contributed by atoms with Crippen molar-refractivity contribution in [2.75, 3.05) is 50.9 Å². The van der Waals surface area contributed by atoms with Gasteiger partial charge in [-0.1, -0.05) is 24.3 Å². The quantitative estimate of drug-likeness (QED) is 0.394. The number of carbonyl (C=O) groups excluding carboxylic acids is 5. The molecular weight excluding hydrogens is 539 g/mol. The molecule has 0 radical (unpaired) electrons. The number of rotatable bonds is 7. The van der Waals surface area contributed by atoms with Gasteiger partial charge in [0.2, 0.25) is 0 Å². The third kappa shape index (κ3) is 6.14. The summed E-state index contributed by atoms with van der Waals surface area (Å²) in [5.74, 6) is -3.71. The van der Waals surface area contributed by atoms with Crippen LogP contribution in [0.4, 0.5) is 19.7 Å². The van der Waals surface area contributed by atoms with Crippen molar-refractivity contribution in [3.8, 4) is 0 Å². The lowest BCUT2D eigenvalue weighted by Crippen LogP contribution is -2.57. The highest BCUT2D eigenvalue weighted by molar-refractivity contribution is 6.01. The molecule has 2 heterocycles. The highest BCUT2D eigenvalue weighted by Gasteiger charge is 2.55. The summed E-state index contributed by atoms with van der Waals surface area (Å²) >= 11 is 0. The summed E-state index contributed by atoms with van der Waals surface area (Å²) in [6.45, 7) is 2.31. The van der Waals surface area contributed by atoms with Gasteiger partial charge in [-0.3, -0.25) is 4.90 Å². The number of hydrogen-bond acceptors (Lipinski definition) is 8. The van der Waals surface area contributed by atoms with Crippen LogP contribution in [-0.4, -0.2) is 85.8 Å². The second-order valence-electron chi connectivity index (χ2n) is 9.43. The van der Waals surface area contributed by atoms with E-state index in [1.807, 2.05) is 0 Å². The van der Waals surface area contributed by atoms with Crippen LogP contribution in [0.1, 0.15) is 35.7 Å². The van der Waals surface area contributed by atoms with Crippen molar-refractivity contribution in [1.29, 1.82) is 0 Å². The first-order chi connectivity index (χ1) is 19.7. The number of carbonyl (C=O) groups is 5. The average molecular weight is 571 g/mol. The Balaban J connectivity index is 1.61. The van der Waals surface area contributed by atoms with Crippen molar-refractivity contribution in [1.82, 2.24) is 9.80 Å². The van der Waals surface area contributed by atoms with Gasteiger partial charge < -0.3 is 29.7 Å². The van der Waals surface area contributed by atoms with Gasteiger partial charge in [-0.25, -0.2) is 28.4 Å². The number of ether oxygens (including phenoxy) is 3. The van der Waals surface area contributed by atoms with Crippen molar-refractivity contribution in [3.63, 3.8) is 0 Å². The summed E-state index contributed by atoms with van der Waals surface area (Å²) < 4.78 is 30.7. The molecule has 2 aromatic rings. The average Bonchev–Trinajstić information content (AvgIpc) is 3.42. The van der Waals surface area contributed by atoms with Crippen LogP contribution in [0.5, 0.6) is 0 Å². The van der Waals surface area contributed by atoms with E-state index in [1.165, 1.54) is 52.3 Å². The normalized spacial score (nSPS) is 18.5. The highest BCUT2D eigenvalue weighted by Crippen LogP contribution is 2.42. The molecule has 2 N–H and O–H groups in total. The lowest BCUT2D eigenvalue weighted by atomic mass is 9.86. The molecule has 218 valence electrons. The van der Waals surface area contributed by atoms with Crippen molar-refractivity contribution in [3.05, 3.63) is 65.5 Å². The second-order valence-corrected chi connectivity index (χ2v) is 9.43. The molecule has 0 aliphatic carbocycles.